The quantitative estimate of drug-likeness (QED) is 0.843. The SMILES string of the molecule is Clc1cccc(CN2CCN(CCc3cscn3)CC2)c1. The third-order valence-corrected chi connectivity index (χ3v) is 4.80. The molecule has 2 aromatic rings. The molecule has 1 fully saturated rings. The number of nitrogens with zero attached hydrogens (tertiary/aromatic N) is 3. The fraction of sp³-hybridized carbons (Fsp3) is 0.438. The van der Waals surface area contributed by atoms with Crippen molar-refractivity contribution in [2.45, 2.75) is 13.0 Å². The number of benzene rings is 1. The number of piperazine rings is 1. The second kappa shape index (κ2) is 7.36. The Morgan fingerprint density at radius 3 is 2.67 bits per heavy atom. The minimum absolute atomic E-state index is 0.828. The molecule has 1 saturated heterocycles. The molecule has 3 rings (SSSR count). The highest BCUT2D eigenvalue weighted by Gasteiger charge is 2.16. The van der Waals surface area contributed by atoms with Gasteiger partial charge in [-0.3, -0.25) is 4.90 Å². The molecule has 112 valence electrons. The number of halogens is 1. The lowest BCUT2D eigenvalue weighted by Gasteiger charge is -2.34. The van der Waals surface area contributed by atoms with E-state index >= 15 is 0 Å². The summed E-state index contributed by atoms with van der Waals surface area (Å²) in [5, 5.41) is 2.98. The zero-order valence-corrected chi connectivity index (χ0v) is 13.6. The van der Waals surface area contributed by atoms with Crippen LogP contribution in [0.2, 0.25) is 5.02 Å². The predicted molar refractivity (Wildman–Crippen MR) is 89.0 cm³/mol. The van der Waals surface area contributed by atoms with Gasteiger partial charge >= 0.3 is 0 Å². The van der Waals surface area contributed by atoms with Crippen molar-refractivity contribution in [1.82, 2.24) is 14.8 Å². The Balaban J connectivity index is 1.42. The van der Waals surface area contributed by atoms with Crippen molar-refractivity contribution in [3.63, 3.8) is 0 Å². The van der Waals surface area contributed by atoms with E-state index in [2.05, 4.69) is 32.3 Å². The lowest BCUT2D eigenvalue weighted by atomic mass is 10.2. The molecular weight excluding hydrogens is 302 g/mol. The molecule has 5 heteroatoms. The topological polar surface area (TPSA) is 19.4 Å². The second-order valence-corrected chi connectivity index (χ2v) is 6.63. The van der Waals surface area contributed by atoms with Gasteiger partial charge in [0, 0.05) is 56.1 Å². The number of rotatable bonds is 5. The van der Waals surface area contributed by atoms with E-state index in [0.29, 0.717) is 0 Å². The van der Waals surface area contributed by atoms with Crippen LogP contribution in [-0.2, 0) is 13.0 Å². The van der Waals surface area contributed by atoms with Crippen LogP contribution in [0.1, 0.15) is 11.3 Å². The van der Waals surface area contributed by atoms with Crippen LogP contribution >= 0.6 is 22.9 Å². The fourth-order valence-corrected chi connectivity index (χ4v) is 3.50. The lowest BCUT2D eigenvalue weighted by Crippen LogP contribution is -2.46. The first-order valence-electron chi connectivity index (χ1n) is 7.36. The molecule has 0 N–H and O–H groups in total. The van der Waals surface area contributed by atoms with Gasteiger partial charge in [0.1, 0.15) is 0 Å². The Labute approximate surface area is 135 Å². The minimum Gasteiger partial charge on any atom is -0.300 e. The smallest absolute Gasteiger partial charge is 0.0794 e. The summed E-state index contributed by atoms with van der Waals surface area (Å²) < 4.78 is 0. The van der Waals surface area contributed by atoms with Crippen LogP contribution in [0, 0.1) is 0 Å². The lowest BCUT2D eigenvalue weighted by molar-refractivity contribution is 0.128. The molecule has 0 saturated carbocycles. The van der Waals surface area contributed by atoms with Crippen molar-refractivity contribution in [3.05, 3.63) is 51.4 Å². The van der Waals surface area contributed by atoms with Gasteiger partial charge in [-0.2, -0.15) is 0 Å². The van der Waals surface area contributed by atoms with Crippen LogP contribution in [0.5, 0.6) is 0 Å². The molecule has 0 atom stereocenters. The van der Waals surface area contributed by atoms with Gasteiger partial charge in [0.2, 0.25) is 0 Å². The van der Waals surface area contributed by atoms with Crippen molar-refractivity contribution in [1.29, 1.82) is 0 Å². The molecule has 3 nitrogen and oxygen atoms in total. The van der Waals surface area contributed by atoms with Crippen molar-refractivity contribution in [2.24, 2.45) is 0 Å². The van der Waals surface area contributed by atoms with Crippen molar-refractivity contribution < 1.29 is 0 Å². The summed E-state index contributed by atoms with van der Waals surface area (Å²) in [7, 11) is 0. The summed E-state index contributed by atoms with van der Waals surface area (Å²) in [6.07, 6.45) is 1.07. The maximum Gasteiger partial charge on any atom is 0.0794 e. The van der Waals surface area contributed by atoms with E-state index in [4.69, 9.17) is 11.6 Å². The predicted octanol–water partition coefficient (Wildman–Crippen LogP) is 3.16. The standard InChI is InChI=1S/C16H20ClN3S/c17-15-3-1-2-14(10-15)11-20-8-6-19(7-9-20)5-4-16-12-21-13-18-16/h1-3,10,12-13H,4-9,11H2. The average molecular weight is 322 g/mol. The zero-order chi connectivity index (χ0) is 14.5. The van der Waals surface area contributed by atoms with E-state index in [1.54, 1.807) is 11.3 Å². The molecule has 0 bridgehead atoms. The second-order valence-electron chi connectivity index (χ2n) is 5.48. The Hall–Kier alpha value is -0.940. The maximum atomic E-state index is 6.04. The van der Waals surface area contributed by atoms with Gasteiger partial charge < -0.3 is 4.90 Å². The van der Waals surface area contributed by atoms with Gasteiger partial charge in [0.05, 0.1) is 11.2 Å². The number of aromatic nitrogens is 1. The largest absolute Gasteiger partial charge is 0.300 e. The molecule has 2 heterocycles. The van der Waals surface area contributed by atoms with Crippen molar-refractivity contribution >= 4 is 22.9 Å². The molecule has 1 aromatic carbocycles. The van der Waals surface area contributed by atoms with Gasteiger partial charge in [-0.25, -0.2) is 4.98 Å². The first-order chi connectivity index (χ1) is 10.3. The van der Waals surface area contributed by atoms with Crippen LogP contribution in [0.15, 0.2) is 35.2 Å². The third kappa shape index (κ3) is 4.51. The monoisotopic (exact) mass is 321 g/mol. The fourth-order valence-electron chi connectivity index (χ4n) is 2.70. The van der Waals surface area contributed by atoms with E-state index in [1.807, 2.05) is 17.6 Å². The molecule has 1 aliphatic rings. The van der Waals surface area contributed by atoms with Crippen molar-refractivity contribution in [3.8, 4) is 0 Å². The van der Waals surface area contributed by atoms with Crippen LogP contribution < -0.4 is 0 Å². The van der Waals surface area contributed by atoms with Gasteiger partial charge in [-0.05, 0) is 17.7 Å². The molecular formula is C16H20ClN3S. The molecule has 1 aliphatic heterocycles. The van der Waals surface area contributed by atoms with E-state index in [9.17, 15) is 0 Å². The van der Waals surface area contributed by atoms with Crippen LogP contribution in [0.3, 0.4) is 0 Å². The molecule has 0 amide bonds. The summed E-state index contributed by atoms with van der Waals surface area (Å²) in [5.41, 5.74) is 4.44. The number of hydrogen-bond acceptors (Lipinski definition) is 4. The molecule has 0 spiro atoms. The first-order valence-corrected chi connectivity index (χ1v) is 8.68. The first kappa shape index (κ1) is 15.0. The Morgan fingerprint density at radius 1 is 1.14 bits per heavy atom. The Kier molecular flexibility index (Phi) is 5.25. The van der Waals surface area contributed by atoms with Crippen LogP contribution in [0.25, 0.3) is 0 Å². The minimum atomic E-state index is 0.828. The van der Waals surface area contributed by atoms with Gasteiger partial charge in [0.25, 0.3) is 0 Å². The zero-order valence-electron chi connectivity index (χ0n) is 12.0. The summed E-state index contributed by atoms with van der Waals surface area (Å²) in [6.45, 7) is 6.66. The van der Waals surface area contributed by atoms with E-state index in [-0.39, 0.29) is 0 Å². The van der Waals surface area contributed by atoms with Crippen LogP contribution in [0.4, 0.5) is 0 Å². The van der Waals surface area contributed by atoms with Crippen molar-refractivity contribution in [2.75, 3.05) is 32.7 Å². The van der Waals surface area contributed by atoms with Gasteiger partial charge in [-0.15, -0.1) is 11.3 Å². The molecule has 1 aromatic heterocycles. The van der Waals surface area contributed by atoms with Crippen LogP contribution in [-0.4, -0.2) is 47.5 Å². The molecule has 0 aliphatic carbocycles. The molecule has 0 unspecified atom stereocenters. The summed E-state index contributed by atoms with van der Waals surface area (Å²) in [6, 6.07) is 8.18. The Bertz CT molecular complexity index is 550. The molecule has 0 radical (unpaired) electrons. The van der Waals surface area contributed by atoms with E-state index < -0.39 is 0 Å². The highest BCUT2D eigenvalue weighted by molar-refractivity contribution is 7.07. The van der Waals surface area contributed by atoms with E-state index in [0.717, 1.165) is 50.7 Å². The van der Waals surface area contributed by atoms with Gasteiger partial charge in [-0.1, -0.05) is 23.7 Å². The Morgan fingerprint density at radius 2 is 1.95 bits per heavy atom. The molecule has 21 heavy (non-hydrogen) atoms. The number of hydrogen-bond donors (Lipinski definition) is 0. The van der Waals surface area contributed by atoms with Gasteiger partial charge in [0.15, 0.2) is 0 Å². The number of thiazole rings is 1. The highest BCUT2D eigenvalue weighted by atomic mass is 35.5. The summed E-state index contributed by atoms with van der Waals surface area (Å²) in [5.74, 6) is 0. The maximum absolute atomic E-state index is 6.04. The normalized spacial score (nSPS) is 17.2. The highest BCUT2D eigenvalue weighted by Crippen LogP contribution is 2.14. The van der Waals surface area contributed by atoms with E-state index in [1.165, 1.54) is 11.3 Å². The third-order valence-electron chi connectivity index (χ3n) is 3.93. The summed E-state index contributed by atoms with van der Waals surface area (Å²) in [4.78, 5) is 9.39. The average Bonchev–Trinajstić information content (AvgIpc) is 3.00. The summed E-state index contributed by atoms with van der Waals surface area (Å²) >= 11 is 7.72.